The number of hydrogen-bond acceptors (Lipinski definition) is 5. The van der Waals surface area contributed by atoms with Gasteiger partial charge in [0.15, 0.2) is 5.78 Å². The second-order valence-corrected chi connectivity index (χ2v) is 10.7. The van der Waals surface area contributed by atoms with Gasteiger partial charge in [0.05, 0.1) is 0 Å². The number of esters is 1. The molecule has 0 N–H and O–H groups in total. The number of carbonyl (C=O) groups excluding carboxylic acids is 2. The normalized spacial score (nSPS) is 13.5. The first-order valence-electron chi connectivity index (χ1n) is 13.0. The summed E-state index contributed by atoms with van der Waals surface area (Å²) < 4.78 is 11.2. The minimum atomic E-state index is -0.319. The molecule has 4 rings (SSSR count). The van der Waals surface area contributed by atoms with Gasteiger partial charge >= 0.3 is 5.97 Å². The van der Waals surface area contributed by atoms with Crippen molar-refractivity contribution in [1.82, 2.24) is 0 Å². The molecule has 0 unspecified atom stereocenters. The first kappa shape index (κ1) is 26.5. The molecule has 37 heavy (non-hydrogen) atoms. The van der Waals surface area contributed by atoms with Crippen LogP contribution in [0.25, 0.3) is 22.3 Å². The first-order valence-corrected chi connectivity index (χ1v) is 13.0. The van der Waals surface area contributed by atoms with E-state index in [0.717, 1.165) is 41.1 Å². The molecule has 5 nitrogen and oxygen atoms in total. The van der Waals surface area contributed by atoms with Crippen molar-refractivity contribution in [1.29, 1.82) is 0 Å². The van der Waals surface area contributed by atoms with E-state index in [1.54, 1.807) is 6.92 Å². The van der Waals surface area contributed by atoms with Gasteiger partial charge in [-0.25, -0.2) is 0 Å². The van der Waals surface area contributed by atoms with E-state index in [2.05, 4.69) is 49.9 Å². The van der Waals surface area contributed by atoms with E-state index >= 15 is 0 Å². The molecule has 0 amide bonds. The van der Waals surface area contributed by atoms with Crippen LogP contribution >= 0.6 is 0 Å². The van der Waals surface area contributed by atoms with Crippen molar-refractivity contribution >= 4 is 17.4 Å². The third-order valence-electron chi connectivity index (χ3n) is 6.81. The van der Waals surface area contributed by atoms with Gasteiger partial charge in [0.2, 0.25) is 0 Å². The highest BCUT2D eigenvalue weighted by atomic mass is 16.6. The summed E-state index contributed by atoms with van der Waals surface area (Å²) in [4.78, 5) is 25.4. The quantitative estimate of drug-likeness (QED) is 0.189. The highest BCUT2D eigenvalue weighted by molar-refractivity contribution is 5.94. The number of ketones is 1. The van der Waals surface area contributed by atoms with Gasteiger partial charge in [-0.1, -0.05) is 57.2 Å². The largest absolute Gasteiger partial charge is 0.489 e. The highest BCUT2D eigenvalue weighted by Crippen LogP contribution is 2.40. The lowest BCUT2D eigenvalue weighted by Gasteiger charge is -2.29. The number of anilines is 1. The van der Waals surface area contributed by atoms with Crippen LogP contribution in [0.4, 0.5) is 5.69 Å². The second kappa shape index (κ2) is 11.2. The van der Waals surface area contributed by atoms with E-state index < -0.39 is 0 Å². The number of rotatable bonds is 8. The lowest BCUT2D eigenvalue weighted by atomic mass is 9.83. The molecule has 1 saturated heterocycles. The predicted molar refractivity (Wildman–Crippen MR) is 150 cm³/mol. The third kappa shape index (κ3) is 6.40. The van der Waals surface area contributed by atoms with Gasteiger partial charge in [-0.05, 0) is 71.7 Å². The Kier molecular flexibility index (Phi) is 8.01. The average molecular weight is 500 g/mol. The fraction of sp³-hybridized carbons (Fsp3) is 0.375. The van der Waals surface area contributed by atoms with Crippen molar-refractivity contribution in [2.45, 2.75) is 52.9 Å². The topological polar surface area (TPSA) is 55.8 Å². The van der Waals surface area contributed by atoms with Gasteiger partial charge < -0.3 is 14.4 Å². The summed E-state index contributed by atoms with van der Waals surface area (Å²) in [7, 11) is 0. The Morgan fingerprint density at radius 1 is 0.811 bits per heavy atom. The molecule has 0 aromatic heterocycles. The number of ether oxygens (including phenoxy) is 2. The van der Waals surface area contributed by atoms with Gasteiger partial charge in [-0.2, -0.15) is 0 Å². The second-order valence-electron chi connectivity index (χ2n) is 10.7. The summed E-state index contributed by atoms with van der Waals surface area (Å²) in [5.74, 6) is 0.474. The van der Waals surface area contributed by atoms with Crippen LogP contribution in [0.2, 0.25) is 0 Å². The van der Waals surface area contributed by atoms with Crippen LogP contribution in [0.3, 0.4) is 0 Å². The Morgan fingerprint density at radius 2 is 1.46 bits per heavy atom. The maximum atomic E-state index is 11.7. The molecule has 194 valence electrons. The Labute approximate surface area is 220 Å². The van der Waals surface area contributed by atoms with Crippen molar-refractivity contribution < 1.29 is 19.1 Å². The molecular formula is C32H37NO4. The Balaban J connectivity index is 1.76. The zero-order valence-corrected chi connectivity index (χ0v) is 22.6. The number of nitrogens with zero attached hydrogens (tertiary/aromatic N) is 1. The summed E-state index contributed by atoms with van der Waals surface area (Å²) in [6, 6.07) is 20.6. The minimum Gasteiger partial charge on any atom is -0.489 e. The van der Waals surface area contributed by atoms with Gasteiger partial charge in [0.1, 0.15) is 19.0 Å². The average Bonchev–Trinajstić information content (AvgIpc) is 3.41. The van der Waals surface area contributed by atoms with E-state index in [1.165, 1.54) is 31.0 Å². The number of Topliss-reactive ketones (excluding diaryl/α,β-unsaturated/α-hetero) is 1. The van der Waals surface area contributed by atoms with E-state index in [4.69, 9.17) is 9.47 Å². The van der Waals surface area contributed by atoms with Crippen LogP contribution in [0.5, 0.6) is 5.75 Å². The molecule has 1 aliphatic heterocycles. The van der Waals surface area contributed by atoms with E-state index in [9.17, 15) is 9.59 Å². The van der Waals surface area contributed by atoms with E-state index in [-0.39, 0.29) is 30.4 Å². The highest BCUT2D eigenvalue weighted by Gasteiger charge is 2.24. The molecule has 0 aliphatic carbocycles. The molecule has 0 spiro atoms. The maximum Gasteiger partial charge on any atom is 0.302 e. The molecule has 1 heterocycles. The van der Waals surface area contributed by atoms with Crippen LogP contribution in [0.1, 0.15) is 63.4 Å². The van der Waals surface area contributed by atoms with Crippen molar-refractivity contribution in [3.05, 3.63) is 71.8 Å². The number of hydrogen-bond donors (Lipinski definition) is 0. The van der Waals surface area contributed by atoms with Gasteiger partial charge in [0, 0.05) is 36.8 Å². The fourth-order valence-corrected chi connectivity index (χ4v) is 4.83. The monoisotopic (exact) mass is 499 g/mol. The van der Waals surface area contributed by atoms with Crippen LogP contribution in [-0.4, -0.2) is 38.1 Å². The van der Waals surface area contributed by atoms with Crippen molar-refractivity contribution in [2.75, 3.05) is 31.2 Å². The smallest absolute Gasteiger partial charge is 0.302 e. The number of carbonyl (C=O) groups is 2. The summed E-state index contributed by atoms with van der Waals surface area (Å²) in [5.41, 5.74) is 7.43. The lowest BCUT2D eigenvalue weighted by molar-refractivity contribution is -0.141. The molecular weight excluding hydrogens is 462 g/mol. The summed E-state index contributed by atoms with van der Waals surface area (Å²) in [6.45, 7) is 12.4. The Bertz CT molecular complexity index is 1260. The molecule has 0 bridgehead atoms. The van der Waals surface area contributed by atoms with Crippen molar-refractivity contribution in [2.24, 2.45) is 0 Å². The number of benzene rings is 3. The Hall–Kier alpha value is -3.60. The zero-order valence-electron chi connectivity index (χ0n) is 22.6. The SMILES string of the molecule is CC(=O)OCCOc1ccc(-c2ccc(C(C)=O)cc2)cc1-c1ccc(N2CCCC2)c(C(C)(C)C)c1. The molecule has 1 fully saturated rings. The zero-order chi connectivity index (χ0) is 26.6. The lowest BCUT2D eigenvalue weighted by Crippen LogP contribution is -2.23. The minimum absolute atomic E-state index is 0.0234. The van der Waals surface area contributed by atoms with Crippen molar-refractivity contribution in [3.63, 3.8) is 0 Å². The summed E-state index contributed by atoms with van der Waals surface area (Å²) >= 11 is 0. The summed E-state index contributed by atoms with van der Waals surface area (Å²) in [6.07, 6.45) is 2.46. The molecule has 0 radical (unpaired) electrons. The van der Waals surface area contributed by atoms with Crippen LogP contribution < -0.4 is 9.64 Å². The van der Waals surface area contributed by atoms with Crippen LogP contribution in [-0.2, 0) is 14.9 Å². The third-order valence-corrected chi connectivity index (χ3v) is 6.81. The maximum absolute atomic E-state index is 11.7. The van der Waals surface area contributed by atoms with Crippen LogP contribution in [0.15, 0.2) is 60.7 Å². The molecule has 5 heteroatoms. The molecule has 0 atom stereocenters. The first-order chi connectivity index (χ1) is 17.6. The van der Waals surface area contributed by atoms with Gasteiger partial charge in [-0.15, -0.1) is 0 Å². The fourth-order valence-electron chi connectivity index (χ4n) is 4.83. The van der Waals surface area contributed by atoms with Gasteiger partial charge in [-0.3, -0.25) is 9.59 Å². The van der Waals surface area contributed by atoms with Gasteiger partial charge in [0.25, 0.3) is 0 Å². The summed E-state index contributed by atoms with van der Waals surface area (Å²) in [5, 5.41) is 0. The molecule has 1 aliphatic rings. The molecule has 3 aromatic rings. The van der Waals surface area contributed by atoms with Crippen LogP contribution in [0, 0.1) is 0 Å². The molecule has 3 aromatic carbocycles. The Morgan fingerprint density at radius 3 is 2.08 bits per heavy atom. The van der Waals surface area contributed by atoms with E-state index in [0.29, 0.717) is 5.56 Å². The van der Waals surface area contributed by atoms with E-state index in [1.807, 2.05) is 36.4 Å². The standard InChI is InChI=1S/C32H37NO4/c1-22(34)24-8-10-25(11-9-24)26-13-15-31(37-19-18-36-23(2)35)28(20-26)27-12-14-30(33-16-6-7-17-33)29(21-27)32(3,4)5/h8-15,20-21H,6-7,16-19H2,1-5H3. The molecule has 0 saturated carbocycles. The predicted octanol–water partition coefficient (Wildman–Crippen LogP) is 7.06. The van der Waals surface area contributed by atoms with Crippen molar-refractivity contribution in [3.8, 4) is 28.0 Å².